The molecule has 0 radical (unpaired) electrons. The number of amidine groups is 1. The number of hydrogen-bond donors (Lipinski definition) is 1. The maximum absolute atomic E-state index is 5.69. The Balaban J connectivity index is 2.75. The number of unbranched alkanes of at least 4 members (excludes halogenated alkanes) is 4. The van der Waals surface area contributed by atoms with Gasteiger partial charge in [-0.1, -0.05) is 39.2 Å². The van der Waals surface area contributed by atoms with Crippen molar-refractivity contribution in [2.45, 2.75) is 64.4 Å². The van der Waals surface area contributed by atoms with Crippen LogP contribution in [-0.2, 0) is 4.74 Å². The van der Waals surface area contributed by atoms with Gasteiger partial charge in [0.05, 0.1) is 18.9 Å². The first kappa shape index (κ1) is 22.9. The Morgan fingerprint density at radius 2 is 2.12 bits per heavy atom. The van der Waals surface area contributed by atoms with E-state index in [1.165, 1.54) is 37.8 Å². The van der Waals surface area contributed by atoms with Crippen molar-refractivity contribution in [1.82, 2.24) is 10.3 Å². The summed E-state index contributed by atoms with van der Waals surface area (Å²) in [5, 5.41) is 9.50. The van der Waals surface area contributed by atoms with Crippen molar-refractivity contribution in [2.75, 3.05) is 27.2 Å². The first-order chi connectivity index (χ1) is 12.6. The number of allylic oxidation sites excluding steroid dienone is 2. The summed E-state index contributed by atoms with van der Waals surface area (Å²) in [6.45, 7) is 7.56. The van der Waals surface area contributed by atoms with Gasteiger partial charge in [-0.2, -0.15) is 5.10 Å². The largest absolute Gasteiger partial charge is 0.391 e. The molecule has 0 aliphatic carbocycles. The molecular formula is C20H35BrN4O. The van der Waals surface area contributed by atoms with E-state index in [9.17, 15) is 0 Å². The lowest BCUT2D eigenvalue weighted by atomic mass is 10.1. The molecule has 0 aromatic rings. The van der Waals surface area contributed by atoms with E-state index in [-0.39, 0.29) is 6.10 Å². The van der Waals surface area contributed by atoms with Crippen molar-refractivity contribution in [1.29, 1.82) is 0 Å². The molecule has 148 valence electrons. The highest BCUT2D eigenvalue weighted by atomic mass is 79.9. The molecule has 1 aliphatic rings. The summed E-state index contributed by atoms with van der Waals surface area (Å²) in [5.41, 5.74) is 1.19. The zero-order valence-corrected chi connectivity index (χ0v) is 18.2. The molecule has 26 heavy (non-hydrogen) atoms. The minimum Gasteiger partial charge on any atom is -0.391 e. The monoisotopic (exact) mass is 426 g/mol. The third-order valence-electron chi connectivity index (χ3n) is 4.36. The van der Waals surface area contributed by atoms with Crippen LogP contribution in [0.2, 0.25) is 0 Å². The molecule has 1 unspecified atom stereocenters. The van der Waals surface area contributed by atoms with Crippen molar-refractivity contribution in [2.24, 2.45) is 10.1 Å². The molecular weight excluding hydrogens is 392 g/mol. The highest BCUT2D eigenvalue weighted by Gasteiger charge is 2.15. The average Bonchev–Trinajstić information content (AvgIpc) is 3.14. The fraction of sp³-hybridized carbons (Fsp3) is 0.700. The van der Waals surface area contributed by atoms with Gasteiger partial charge in [0.2, 0.25) is 0 Å². The van der Waals surface area contributed by atoms with Crippen molar-refractivity contribution in [3.05, 3.63) is 22.8 Å². The predicted molar refractivity (Wildman–Crippen MR) is 116 cm³/mol. The molecule has 0 spiro atoms. The van der Waals surface area contributed by atoms with E-state index in [1.54, 1.807) is 11.2 Å². The van der Waals surface area contributed by atoms with Crippen molar-refractivity contribution >= 4 is 28.0 Å². The van der Waals surface area contributed by atoms with Crippen molar-refractivity contribution in [3.8, 4) is 0 Å². The summed E-state index contributed by atoms with van der Waals surface area (Å²) in [7, 11) is 3.88. The fourth-order valence-electron chi connectivity index (χ4n) is 2.78. The van der Waals surface area contributed by atoms with Gasteiger partial charge in [-0.05, 0) is 41.6 Å². The van der Waals surface area contributed by atoms with Crippen LogP contribution >= 0.6 is 15.9 Å². The fourth-order valence-corrected chi connectivity index (χ4v) is 2.87. The van der Waals surface area contributed by atoms with E-state index in [2.05, 4.69) is 45.9 Å². The van der Waals surface area contributed by atoms with Crippen LogP contribution in [0, 0.1) is 0 Å². The molecule has 1 rings (SSSR count). The van der Waals surface area contributed by atoms with Crippen LogP contribution in [0.4, 0.5) is 0 Å². The number of likely N-dealkylation sites (N-methyl/N-ethyl adjacent to an activating group) is 1. The third-order valence-corrected chi connectivity index (χ3v) is 4.56. The number of halogens is 1. The number of nitrogens with one attached hydrogen (secondary N) is 1. The van der Waals surface area contributed by atoms with Crippen LogP contribution in [0.3, 0.4) is 0 Å². The summed E-state index contributed by atoms with van der Waals surface area (Å²) in [6, 6.07) is 0. The smallest absolute Gasteiger partial charge is 0.145 e. The predicted octanol–water partition coefficient (Wildman–Crippen LogP) is 4.85. The van der Waals surface area contributed by atoms with Gasteiger partial charge >= 0.3 is 0 Å². The van der Waals surface area contributed by atoms with Gasteiger partial charge in [-0.25, -0.2) is 0 Å². The molecule has 0 bridgehead atoms. The second-order valence-corrected chi connectivity index (χ2v) is 7.65. The van der Waals surface area contributed by atoms with Crippen LogP contribution in [-0.4, -0.2) is 50.4 Å². The van der Waals surface area contributed by atoms with Crippen LogP contribution in [0.5, 0.6) is 0 Å². The van der Waals surface area contributed by atoms with Crippen molar-refractivity contribution < 1.29 is 4.74 Å². The molecule has 1 atom stereocenters. The Morgan fingerprint density at radius 3 is 2.73 bits per heavy atom. The Kier molecular flexibility index (Phi) is 12.3. The van der Waals surface area contributed by atoms with Gasteiger partial charge in [-0.15, -0.1) is 0 Å². The van der Waals surface area contributed by atoms with Gasteiger partial charge in [-0.3, -0.25) is 10.0 Å². The quantitative estimate of drug-likeness (QED) is 0.210. The molecule has 1 aliphatic heterocycles. The van der Waals surface area contributed by atoms with E-state index in [4.69, 9.17) is 9.73 Å². The van der Waals surface area contributed by atoms with Gasteiger partial charge in [0.1, 0.15) is 5.84 Å². The molecule has 1 fully saturated rings. The summed E-state index contributed by atoms with van der Waals surface area (Å²) in [5.74, 6) is 0.836. The lowest BCUT2D eigenvalue weighted by Gasteiger charge is -2.16. The first-order valence-electron chi connectivity index (χ1n) is 9.73. The molecule has 0 saturated carbocycles. The molecule has 1 saturated heterocycles. The minimum absolute atomic E-state index is 0.231. The molecule has 1 heterocycles. The molecule has 1 N–H and O–H groups in total. The Labute approximate surface area is 167 Å². The van der Waals surface area contributed by atoms with Crippen LogP contribution < -0.4 is 5.32 Å². The van der Waals surface area contributed by atoms with Crippen molar-refractivity contribution in [3.63, 3.8) is 0 Å². The van der Waals surface area contributed by atoms with Gasteiger partial charge in [0.15, 0.2) is 0 Å². The SMILES string of the molecule is C=C(Br)/C=N\N(C)C(C=C(CCCCCCC)NC)=NCC1CCCO1. The standard InChI is InChI=1S/C20H35BrN4O/c1-5-6-7-8-9-11-18(22-3)14-20(25(4)24-15-17(2)21)23-16-19-12-10-13-26-19/h14-15,19,22H,2,5-13,16H2,1,3-4H3/b18-14?,23-20?,24-15-. The molecule has 0 aromatic carbocycles. The zero-order chi connectivity index (χ0) is 19.2. The van der Waals surface area contributed by atoms with E-state index in [1.807, 2.05) is 14.1 Å². The molecule has 0 amide bonds. The second-order valence-electron chi connectivity index (χ2n) is 6.63. The average molecular weight is 427 g/mol. The normalized spacial score (nSPS) is 18.5. The zero-order valence-electron chi connectivity index (χ0n) is 16.6. The summed E-state index contributed by atoms with van der Waals surface area (Å²) in [6.07, 6.45) is 13.6. The summed E-state index contributed by atoms with van der Waals surface area (Å²) in [4.78, 5) is 4.77. The highest BCUT2D eigenvalue weighted by molar-refractivity contribution is 9.12. The van der Waals surface area contributed by atoms with Crippen LogP contribution in [0.25, 0.3) is 0 Å². The second kappa shape index (κ2) is 14.0. The van der Waals surface area contributed by atoms with Crippen LogP contribution in [0.1, 0.15) is 58.3 Å². The van der Waals surface area contributed by atoms with Gasteiger partial charge in [0, 0.05) is 37.0 Å². The third kappa shape index (κ3) is 10.1. The van der Waals surface area contributed by atoms with E-state index >= 15 is 0 Å². The highest BCUT2D eigenvalue weighted by Crippen LogP contribution is 2.13. The minimum atomic E-state index is 0.231. The lowest BCUT2D eigenvalue weighted by molar-refractivity contribution is 0.117. The van der Waals surface area contributed by atoms with Crippen LogP contribution in [0.15, 0.2) is 32.9 Å². The lowest BCUT2D eigenvalue weighted by Crippen LogP contribution is -2.23. The Morgan fingerprint density at radius 1 is 1.35 bits per heavy atom. The number of hydrazone groups is 1. The van der Waals surface area contributed by atoms with E-state index in [0.717, 1.165) is 36.2 Å². The number of hydrogen-bond acceptors (Lipinski definition) is 4. The van der Waals surface area contributed by atoms with E-state index < -0.39 is 0 Å². The number of rotatable bonds is 12. The number of nitrogens with zero attached hydrogens (tertiary/aromatic N) is 3. The Bertz CT molecular complexity index is 496. The number of aliphatic imine (C=N–C) groups is 1. The molecule has 5 nitrogen and oxygen atoms in total. The molecule has 6 heteroatoms. The summed E-state index contributed by atoms with van der Waals surface area (Å²) < 4.78 is 6.43. The maximum Gasteiger partial charge on any atom is 0.145 e. The summed E-state index contributed by atoms with van der Waals surface area (Å²) >= 11 is 3.31. The first-order valence-corrected chi connectivity index (χ1v) is 10.5. The topological polar surface area (TPSA) is 49.2 Å². The maximum atomic E-state index is 5.69. The molecule has 0 aromatic heterocycles. The van der Waals surface area contributed by atoms with E-state index in [0.29, 0.717) is 6.54 Å². The Hall–Kier alpha value is -1.14. The number of ether oxygens (including phenoxy) is 1. The van der Waals surface area contributed by atoms with Gasteiger partial charge < -0.3 is 10.1 Å². The van der Waals surface area contributed by atoms with Gasteiger partial charge in [0.25, 0.3) is 0 Å².